The van der Waals surface area contributed by atoms with Crippen LogP contribution in [-0.2, 0) is 4.79 Å². The standard InChI is InChI=1S/C21H24N4O/c1-17(18-7-9-23-10-8-18)15-21(26)25-13-11-24(12-14-25)20(16-22)19-5-3-2-4-6-19/h2-10,17,20H,11-15H2,1H3. The van der Waals surface area contributed by atoms with Crippen molar-refractivity contribution >= 4 is 5.91 Å². The number of pyridine rings is 1. The van der Waals surface area contributed by atoms with Crippen LogP contribution < -0.4 is 0 Å². The molecule has 0 N–H and O–H groups in total. The van der Waals surface area contributed by atoms with Crippen LogP contribution in [-0.4, -0.2) is 46.9 Å². The Morgan fingerprint density at radius 3 is 2.35 bits per heavy atom. The Morgan fingerprint density at radius 2 is 1.73 bits per heavy atom. The van der Waals surface area contributed by atoms with Crippen LogP contribution in [0.3, 0.4) is 0 Å². The van der Waals surface area contributed by atoms with Gasteiger partial charge in [-0.25, -0.2) is 0 Å². The molecule has 1 aromatic heterocycles. The van der Waals surface area contributed by atoms with E-state index in [0.29, 0.717) is 19.5 Å². The number of amides is 1. The van der Waals surface area contributed by atoms with Gasteiger partial charge in [-0.1, -0.05) is 37.3 Å². The van der Waals surface area contributed by atoms with E-state index >= 15 is 0 Å². The zero-order valence-electron chi connectivity index (χ0n) is 15.1. The summed E-state index contributed by atoms with van der Waals surface area (Å²) in [5, 5.41) is 9.57. The molecule has 1 aliphatic rings. The Morgan fingerprint density at radius 1 is 1.08 bits per heavy atom. The highest BCUT2D eigenvalue weighted by Gasteiger charge is 2.27. The van der Waals surface area contributed by atoms with Crippen molar-refractivity contribution in [3.8, 4) is 6.07 Å². The number of nitriles is 1. The van der Waals surface area contributed by atoms with Crippen LogP contribution in [0.25, 0.3) is 0 Å². The molecule has 2 aromatic rings. The van der Waals surface area contributed by atoms with Gasteiger partial charge < -0.3 is 4.90 Å². The zero-order chi connectivity index (χ0) is 18.4. The number of benzene rings is 1. The number of hydrogen-bond acceptors (Lipinski definition) is 4. The van der Waals surface area contributed by atoms with Crippen LogP contribution in [0.2, 0.25) is 0 Å². The molecule has 1 amide bonds. The molecule has 5 heteroatoms. The quantitative estimate of drug-likeness (QED) is 0.833. The molecule has 3 rings (SSSR count). The van der Waals surface area contributed by atoms with Gasteiger partial charge in [0.05, 0.1) is 6.07 Å². The van der Waals surface area contributed by atoms with Crippen molar-refractivity contribution in [2.45, 2.75) is 25.3 Å². The van der Waals surface area contributed by atoms with Crippen molar-refractivity contribution in [3.05, 3.63) is 66.0 Å². The van der Waals surface area contributed by atoms with E-state index in [-0.39, 0.29) is 17.9 Å². The van der Waals surface area contributed by atoms with Crippen LogP contribution in [0.15, 0.2) is 54.9 Å². The Labute approximate surface area is 154 Å². The molecule has 0 bridgehead atoms. The molecule has 1 aromatic carbocycles. The van der Waals surface area contributed by atoms with Gasteiger partial charge in [0.2, 0.25) is 5.91 Å². The van der Waals surface area contributed by atoms with E-state index in [1.165, 1.54) is 0 Å². The molecule has 1 fully saturated rings. The average Bonchev–Trinajstić information content (AvgIpc) is 2.70. The van der Waals surface area contributed by atoms with Crippen molar-refractivity contribution in [2.75, 3.05) is 26.2 Å². The largest absolute Gasteiger partial charge is 0.340 e. The topological polar surface area (TPSA) is 60.2 Å². The number of nitrogens with zero attached hydrogens (tertiary/aromatic N) is 4. The van der Waals surface area contributed by atoms with Crippen molar-refractivity contribution in [1.29, 1.82) is 5.26 Å². The van der Waals surface area contributed by atoms with E-state index < -0.39 is 0 Å². The monoisotopic (exact) mass is 348 g/mol. The third-order valence-corrected chi connectivity index (χ3v) is 5.03. The highest BCUT2D eigenvalue weighted by molar-refractivity contribution is 5.77. The van der Waals surface area contributed by atoms with Crippen molar-refractivity contribution in [1.82, 2.24) is 14.8 Å². The van der Waals surface area contributed by atoms with Crippen LogP contribution in [0, 0.1) is 11.3 Å². The van der Waals surface area contributed by atoms with E-state index in [1.54, 1.807) is 12.4 Å². The van der Waals surface area contributed by atoms with Crippen molar-refractivity contribution in [3.63, 3.8) is 0 Å². The second kappa shape index (κ2) is 8.59. The molecule has 1 aliphatic heterocycles. The fraction of sp³-hybridized carbons (Fsp3) is 0.381. The maximum absolute atomic E-state index is 12.6. The van der Waals surface area contributed by atoms with E-state index in [4.69, 9.17) is 0 Å². The average molecular weight is 348 g/mol. The van der Waals surface area contributed by atoms with Gasteiger partial charge in [0.1, 0.15) is 6.04 Å². The summed E-state index contributed by atoms with van der Waals surface area (Å²) in [5.74, 6) is 0.363. The van der Waals surface area contributed by atoms with Crippen LogP contribution in [0.1, 0.15) is 36.4 Å². The Bertz CT molecular complexity index is 749. The summed E-state index contributed by atoms with van der Waals surface area (Å²) < 4.78 is 0. The lowest BCUT2D eigenvalue weighted by Gasteiger charge is -2.37. The molecule has 2 atom stereocenters. The lowest BCUT2D eigenvalue weighted by atomic mass is 9.98. The van der Waals surface area contributed by atoms with Gasteiger partial charge in [0.25, 0.3) is 0 Å². The molecular weight excluding hydrogens is 324 g/mol. The number of hydrogen-bond donors (Lipinski definition) is 0. The van der Waals surface area contributed by atoms with Crippen molar-refractivity contribution < 1.29 is 4.79 Å². The molecule has 5 nitrogen and oxygen atoms in total. The number of carbonyl (C=O) groups excluding carboxylic acids is 1. The fourth-order valence-corrected chi connectivity index (χ4v) is 3.43. The zero-order valence-corrected chi connectivity index (χ0v) is 15.1. The van der Waals surface area contributed by atoms with E-state index in [0.717, 1.165) is 24.2 Å². The number of piperazine rings is 1. The number of rotatable bonds is 5. The molecule has 0 spiro atoms. The highest BCUT2D eigenvalue weighted by Crippen LogP contribution is 2.23. The SMILES string of the molecule is CC(CC(=O)N1CCN(C(C#N)c2ccccc2)CC1)c1ccncc1. The van der Waals surface area contributed by atoms with E-state index in [2.05, 4.69) is 22.9 Å². The molecule has 2 heterocycles. The maximum Gasteiger partial charge on any atom is 0.223 e. The van der Waals surface area contributed by atoms with Crippen molar-refractivity contribution in [2.24, 2.45) is 0 Å². The third kappa shape index (κ3) is 4.27. The minimum absolute atomic E-state index is 0.180. The van der Waals surface area contributed by atoms with Gasteiger partial charge >= 0.3 is 0 Å². The fourth-order valence-electron chi connectivity index (χ4n) is 3.43. The lowest BCUT2D eigenvalue weighted by Crippen LogP contribution is -2.49. The van der Waals surface area contributed by atoms with Gasteiger partial charge in [0.15, 0.2) is 0 Å². The first kappa shape index (κ1) is 18.1. The summed E-state index contributed by atoms with van der Waals surface area (Å²) >= 11 is 0. The summed E-state index contributed by atoms with van der Waals surface area (Å²) in [7, 11) is 0. The Hall–Kier alpha value is -2.71. The molecule has 0 radical (unpaired) electrons. The molecule has 2 unspecified atom stereocenters. The minimum atomic E-state index is -0.246. The maximum atomic E-state index is 12.6. The molecular formula is C21H24N4O. The molecule has 134 valence electrons. The highest BCUT2D eigenvalue weighted by atomic mass is 16.2. The summed E-state index contributed by atoms with van der Waals surface area (Å²) in [6.07, 6.45) is 4.03. The number of aromatic nitrogens is 1. The van der Waals surface area contributed by atoms with Gasteiger partial charge in [-0.3, -0.25) is 14.7 Å². The minimum Gasteiger partial charge on any atom is -0.340 e. The lowest BCUT2D eigenvalue weighted by molar-refractivity contribution is -0.133. The Balaban J connectivity index is 1.55. The summed E-state index contributed by atoms with van der Waals surface area (Å²) in [4.78, 5) is 20.7. The van der Waals surface area contributed by atoms with Crippen LogP contribution in [0.4, 0.5) is 0 Å². The second-order valence-corrected chi connectivity index (χ2v) is 6.74. The molecule has 0 saturated carbocycles. The normalized spacial score (nSPS) is 17.3. The first-order chi connectivity index (χ1) is 12.7. The number of carbonyl (C=O) groups is 1. The first-order valence-corrected chi connectivity index (χ1v) is 9.05. The van der Waals surface area contributed by atoms with E-state index in [1.807, 2.05) is 47.4 Å². The van der Waals surface area contributed by atoms with Gasteiger partial charge in [0, 0.05) is 45.0 Å². The molecule has 1 saturated heterocycles. The van der Waals surface area contributed by atoms with Gasteiger partial charge in [-0.15, -0.1) is 0 Å². The summed E-state index contributed by atoms with van der Waals surface area (Å²) in [6.45, 7) is 4.87. The van der Waals surface area contributed by atoms with Gasteiger partial charge in [-0.2, -0.15) is 5.26 Å². The van der Waals surface area contributed by atoms with Crippen LogP contribution >= 0.6 is 0 Å². The second-order valence-electron chi connectivity index (χ2n) is 6.74. The summed E-state index contributed by atoms with van der Waals surface area (Å²) in [5.41, 5.74) is 2.15. The smallest absolute Gasteiger partial charge is 0.223 e. The third-order valence-electron chi connectivity index (χ3n) is 5.03. The van der Waals surface area contributed by atoms with Crippen LogP contribution in [0.5, 0.6) is 0 Å². The predicted molar refractivity (Wildman–Crippen MR) is 100 cm³/mol. The van der Waals surface area contributed by atoms with Gasteiger partial charge in [-0.05, 0) is 29.2 Å². The predicted octanol–water partition coefficient (Wildman–Crippen LogP) is 2.98. The Kier molecular flexibility index (Phi) is 5.98. The summed E-state index contributed by atoms with van der Waals surface area (Å²) in [6, 6.07) is 15.9. The van der Waals surface area contributed by atoms with E-state index in [9.17, 15) is 10.1 Å². The molecule has 26 heavy (non-hydrogen) atoms. The first-order valence-electron chi connectivity index (χ1n) is 9.05. The molecule has 0 aliphatic carbocycles.